The molecule has 0 unspecified atom stereocenters. The van der Waals surface area contributed by atoms with Gasteiger partial charge >= 0.3 is 0 Å². The molecule has 2 N–H and O–H groups in total. The minimum atomic E-state index is -1.17. The number of anilines is 2. The number of rotatable bonds is 9. The van der Waals surface area contributed by atoms with Crippen LogP contribution in [-0.2, 0) is 22.4 Å². The van der Waals surface area contributed by atoms with E-state index in [1.54, 1.807) is 24.3 Å². The van der Waals surface area contributed by atoms with E-state index in [9.17, 15) is 19.5 Å². The highest BCUT2D eigenvalue weighted by molar-refractivity contribution is 6.05. The van der Waals surface area contributed by atoms with Crippen molar-refractivity contribution in [1.29, 1.82) is 0 Å². The van der Waals surface area contributed by atoms with E-state index in [1.165, 1.54) is 0 Å². The van der Waals surface area contributed by atoms with Gasteiger partial charge in [-0.05, 0) is 61.1 Å². The molecular formula is C22H25N2O4-. The van der Waals surface area contributed by atoms with Crippen molar-refractivity contribution >= 4 is 29.2 Å². The largest absolute Gasteiger partial charge is 0.550 e. The van der Waals surface area contributed by atoms with E-state index >= 15 is 0 Å². The fraction of sp³-hybridized carbons (Fsp3) is 0.318. The maximum Gasteiger partial charge on any atom is 0.255 e. The summed E-state index contributed by atoms with van der Waals surface area (Å²) in [7, 11) is 0. The Bertz CT molecular complexity index is 822. The lowest BCUT2D eigenvalue weighted by atomic mass is 10.0. The van der Waals surface area contributed by atoms with Crippen molar-refractivity contribution in [3.05, 3.63) is 59.2 Å². The van der Waals surface area contributed by atoms with Crippen molar-refractivity contribution in [2.75, 3.05) is 10.6 Å². The molecule has 0 spiro atoms. The Balaban J connectivity index is 2.01. The number of hydrogen-bond donors (Lipinski definition) is 2. The maximum absolute atomic E-state index is 12.6. The molecule has 0 aromatic heterocycles. The van der Waals surface area contributed by atoms with Crippen molar-refractivity contribution in [3.8, 4) is 0 Å². The lowest BCUT2D eigenvalue weighted by Gasteiger charge is -2.14. The summed E-state index contributed by atoms with van der Waals surface area (Å²) in [5.41, 5.74) is 4.09. The molecule has 28 heavy (non-hydrogen) atoms. The van der Waals surface area contributed by atoms with Crippen LogP contribution in [0.2, 0.25) is 0 Å². The minimum absolute atomic E-state index is 0.101. The number of nitrogens with one attached hydrogen (secondary N) is 2. The second-order valence-electron chi connectivity index (χ2n) is 6.46. The van der Waals surface area contributed by atoms with Gasteiger partial charge in [-0.1, -0.05) is 32.0 Å². The highest BCUT2D eigenvalue weighted by Crippen LogP contribution is 2.23. The number of aryl methyl sites for hydroxylation is 2. The lowest BCUT2D eigenvalue weighted by molar-refractivity contribution is -0.305. The molecule has 0 fully saturated rings. The predicted molar refractivity (Wildman–Crippen MR) is 107 cm³/mol. The van der Waals surface area contributed by atoms with Crippen LogP contribution in [0.3, 0.4) is 0 Å². The average molecular weight is 381 g/mol. The van der Waals surface area contributed by atoms with Crippen molar-refractivity contribution in [2.45, 2.75) is 46.0 Å². The third kappa shape index (κ3) is 5.94. The molecule has 2 rings (SSSR count). The molecule has 0 saturated heterocycles. The predicted octanol–water partition coefficient (Wildman–Crippen LogP) is 2.92. The Kier molecular flexibility index (Phi) is 7.75. The molecule has 0 aliphatic heterocycles. The van der Waals surface area contributed by atoms with Gasteiger partial charge < -0.3 is 20.5 Å². The van der Waals surface area contributed by atoms with Crippen LogP contribution >= 0.6 is 0 Å². The quantitative estimate of drug-likeness (QED) is 0.698. The third-order valence-electron chi connectivity index (χ3n) is 4.45. The number of aliphatic carboxylic acids is 1. The summed E-state index contributed by atoms with van der Waals surface area (Å²) in [6, 6.07) is 12.6. The smallest absolute Gasteiger partial charge is 0.255 e. The average Bonchev–Trinajstić information content (AvgIpc) is 2.68. The van der Waals surface area contributed by atoms with E-state index in [2.05, 4.69) is 24.5 Å². The van der Waals surface area contributed by atoms with E-state index in [0.29, 0.717) is 11.3 Å². The van der Waals surface area contributed by atoms with E-state index in [0.717, 1.165) is 29.7 Å². The monoisotopic (exact) mass is 381 g/mol. The van der Waals surface area contributed by atoms with Gasteiger partial charge in [-0.3, -0.25) is 9.59 Å². The summed E-state index contributed by atoms with van der Waals surface area (Å²) in [4.78, 5) is 34.8. The van der Waals surface area contributed by atoms with Crippen LogP contribution in [0.25, 0.3) is 0 Å². The number of carbonyl (C=O) groups excluding carboxylic acids is 3. The topological polar surface area (TPSA) is 98.3 Å². The Morgan fingerprint density at radius 2 is 1.46 bits per heavy atom. The number of carboxylic acid groups (broad SMARTS) is 1. The number of benzene rings is 2. The molecule has 2 aromatic rings. The zero-order valence-corrected chi connectivity index (χ0v) is 16.2. The molecule has 0 radical (unpaired) electrons. The van der Waals surface area contributed by atoms with E-state index in [4.69, 9.17) is 0 Å². The molecule has 0 atom stereocenters. The summed E-state index contributed by atoms with van der Waals surface area (Å²) in [6.07, 6.45) is 1.83. The highest BCUT2D eigenvalue weighted by atomic mass is 16.4. The molecule has 0 bridgehead atoms. The summed E-state index contributed by atoms with van der Waals surface area (Å²) < 4.78 is 0. The van der Waals surface area contributed by atoms with Crippen LogP contribution in [0.4, 0.5) is 11.4 Å². The van der Waals surface area contributed by atoms with Gasteiger partial charge in [0.1, 0.15) is 0 Å². The van der Waals surface area contributed by atoms with Crippen molar-refractivity contribution in [2.24, 2.45) is 0 Å². The maximum atomic E-state index is 12.6. The standard InChI is InChI=1S/C22H26N2O4/c1-3-15-7-5-8-16(4-2)21(15)24-22(28)17-11-13-18(14-12-17)23-19(25)9-6-10-20(26)27/h5,7-8,11-14H,3-4,6,9-10H2,1-2H3,(H,23,25)(H,24,28)(H,26,27)/p-1. The van der Waals surface area contributed by atoms with Crippen LogP contribution in [0.15, 0.2) is 42.5 Å². The number of carbonyl (C=O) groups is 3. The molecule has 0 heterocycles. The van der Waals surface area contributed by atoms with Crippen LogP contribution in [0.5, 0.6) is 0 Å². The Morgan fingerprint density at radius 1 is 0.857 bits per heavy atom. The van der Waals surface area contributed by atoms with Crippen LogP contribution in [-0.4, -0.2) is 17.8 Å². The number of para-hydroxylation sites is 1. The van der Waals surface area contributed by atoms with Crippen molar-refractivity contribution in [3.63, 3.8) is 0 Å². The number of amides is 2. The Morgan fingerprint density at radius 3 is 2.00 bits per heavy atom. The second kappa shape index (κ2) is 10.3. The van der Waals surface area contributed by atoms with Gasteiger partial charge in [0.25, 0.3) is 5.91 Å². The van der Waals surface area contributed by atoms with Gasteiger partial charge in [-0.2, -0.15) is 0 Å². The zero-order valence-electron chi connectivity index (χ0n) is 16.2. The molecular weight excluding hydrogens is 356 g/mol. The first kappa shape index (κ1) is 21.2. The van der Waals surface area contributed by atoms with Gasteiger partial charge in [-0.15, -0.1) is 0 Å². The first-order chi connectivity index (χ1) is 13.4. The summed E-state index contributed by atoms with van der Waals surface area (Å²) in [5.74, 6) is -1.65. The molecule has 0 aliphatic rings. The first-order valence-corrected chi connectivity index (χ1v) is 9.46. The summed E-state index contributed by atoms with van der Waals surface area (Å²) in [6.45, 7) is 4.10. The zero-order chi connectivity index (χ0) is 20.5. The molecule has 148 valence electrons. The summed E-state index contributed by atoms with van der Waals surface area (Å²) in [5, 5.41) is 16.1. The molecule has 2 amide bonds. The van der Waals surface area contributed by atoms with Crippen LogP contribution < -0.4 is 15.7 Å². The van der Waals surface area contributed by atoms with Gasteiger partial charge in [0.15, 0.2) is 0 Å². The number of hydrogen-bond acceptors (Lipinski definition) is 4. The van der Waals surface area contributed by atoms with E-state index in [1.807, 2.05) is 18.2 Å². The third-order valence-corrected chi connectivity index (χ3v) is 4.45. The van der Waals surface area contributed by atoms with E-state index in [-0.39, 0.29) is 31.1 Å². The second-order valence-corrected chi connectivity index (χ2v) is 6.46. The molecule has 6 heteroatoms. The Labute approximate surface area is 165 Å². The highest BCUT2D eigenvalue weighted by Gasteiger charge is 2.12. The van der Waals surface area contributed by atoms with Crippen LogP contribution in [0, 0.1) is 0 Å². The SMILES string of the molecule is CCc1cccc(CC)c1NC(=O)c1ccc(NC(=O)CCCC(=O)[O-])cc1. The minimum Gasteiger partial charge on any atom is -0.550 e. The first-order valence-electron chi connectivity index (χ1n) is 9.46. The fourth-order valence-electron chi connectivity index (χ4n) is 2.91. The molecule has 0 saturated carbocycles. The van der Waals surface area contributed by atoms with E-state index < -0.39 is 5.97 Å². The molecule has 2 aromatic carbocycles. The van der Waals surface area contributed by atoms with Crippen molar-refractivity contribution in [1.82, 2.24) is 0 Å². The van der Waals surface area contributed by atoms with Gasteiger partial charge in [0.2, 0.25) is 5.91 Å². The Hall–Kier alpha value is -3.15. The van der Waals surface area contributed by atoms with Gasteiger partial charge in [0, 0.05) is 29.3 Å². The van der Waals surface area contributed by atoms with Crippen LogP contribution in [0.1, 0.15) is 54.6 Å². The lowest BCUT2D eigenvalue weighted by Crippen LogP contribution is -2.22. The van der Waals surface area contributed by atoms with Crippen molar-refractivity contribution < 1.29 is 19.5 Å². The molecule has 0 aliphatic carbocycles. The fourth-order valence-corrected chi connectivity index (χ4v) is 2.91. The number of carboxylic acids is 1. The summed E-state index contributed by atoms with van der Waals surface area (Å²) >= 11 is 0. The normalized spacial score (nSPS) is 10.4. The molecule has 6 nitrogen and oxygen atoms in total. The van der Waals surface area contributed by atoms with Gasteiger partial charge in [0.05, 0.1) is 0 Å². The van der Waals surface area contributed by atoms with Gasteiger partial charge in [-0.25, -0.2) is 0 Å².